The predicted octanol–water partition coefficient (Wildman–Crippen LogP) is 2.93. The Morgan fingerprint density at radius 3 is 2.58 bits per heavy atom. The van der Waals surface area contributed by atoms with E-state index in [4.69, 9.17) is 0 Å². The number of carbonyl (C=O) groups excluding carboxylic acids is 1. The minimum atomic E-state index is -0.168. The third kappa shape index (κ3) is 3.58. The smallest absolute Gasteiger partial charge is 0.251 e. The molecule has 0 fully saturated rings. The van der Waals surface area contributed by atoms with Gasteiger partial charge in [0.2, 0.25) is 0 Å². The van der Waals surface area contributed by atoms with Crippen LogP contribution in [0, 0.1) is 0 Å². The van der Waals surface area contributed by atoms with E-state index in [2.05, 4.69) is 12.2 Å². The maximum absolute atomic E-state index is 11.9. The summed E-state index contributed by atoms with van der Waals surface area (Å²) in [5.41, 5.74) is 1.67. The van der Waals surface area contributed by atoms with Crippen molar-refractivity contribution in [2.75, 3.05) is 6.54 Å². The first-order valence-corrected chi connectivity index (χ1v) is 6.29. The highest BCUT2D eigenvalue weighted by Gasteiger charge is 2.09. The first-order valence-electron chi connectivity index (χ1n) is 6.29. The minimum absolute atomic E-state index is 0.101. The number of phenolic OH excluding ortho intramolecular Hbond substituents is 1. The molecule has 98 valence electrons. The quantitative estimate of drug-likeness (QED) is 0.882. The zero-order valence-corrected chi connectivity index (χ0v) is 10.8. The highest BCUT2D eigenvalue weighted by molar-refractivity contribution is 5.94. The number of amides is 1. The lowest BCUT2D eigenvalue weighted by atomic mass is 10.0. The highest BCUT2D eigenvalue weighted by atomic mass is 16.3. The predicted molar refractivity (Wildman–Crippen MR) is 75.3 cm³/mol. The lowest BCUT2D eigenvalue weighted by Gasteiger charge is -2.13. The highest BCUT2D eigenvalue weighted by Crippen LogP contribution is 2.14. The molecule has 0 saturated carbocycles. The van der Waals surface area contributed by atoms with E-state index in [1.807, 2.05) is 30.3 Å². The Labute approximate surface area is 112 Å². The molecule has 0 aliphatic heterocycles. The van der Waals surface area contributed by atoms with E-state index >= 15 is 0 Å². The first-order chi connectivity index (χ1) is 9.16. The van der Waals surface area contributed by atoms with Crippen molar-refractivity contribution >= 4 is 5.91 Å². The monoisotopic (exact) mass is 255 g/mol. The van der Waals surface area contributed by atoms with Gasteiger partial charge in [-0.05, 0) is 29.7 Å². The summed E-state index contributed by atoms with van der Waals surface area (Å²) in [6.07, 6.45) is 0. The average molecular weight is 255 g/mol. The Bertz CT molecular complexity index is 552. The van der Waals surface area contributed by atoms with Crippen molar-refractivity contribution in [2.24, 2.45) is 0 Å². The molecule has 0 aromatic heterocycles. The number of carbonyl (C=O) groups is 1. The first kappa shape index (κ1) is 13.1. The van der Waals surface area contributed by atoms with E-state index in [0.29, 0.717) is 12.1 Å². The van der Waals surface area contributed by atoms with Gasteiger partial charge in [0.05, 0.1) is 0 Å². The van der Waals surface area contributed by atoms with E-state index in [9.17, 15) is 9.90 Å². The van der Waals surface area contributed by atoms with Gasteiger partial charge >= 0.3 is 0 Å². The molecule has 2 N–H and O–H groups in total. The van der Waals surface area contributed by atoms with Crippen LogP contribution in [-0.2, 0) is 0 Å². The van der Waals surface area contributed by atoms with Crippen LogP contribution in [0.2, 0.25) is 0 Å². The zero-order chi connectivity index (χ0) is 13.7. The van der Waals surface area contributed by atoms with Gasteiger partial charge in [0.25, 0.3) is 5.91 Å². The van der Waals surface area contributed by atoms with E-state index in [0.717, 1.165) is 0 Å². The summed E-state index contributed by atoms with van der Waals surface area (Å²) < 4.78 is 0. The lowest BCUT2D eigenvalue weighted by Crippen LogP contribution is -2.27. The van der Waals surface area contributed by atoms with Crippen molar-refractivity contribution in [3.05, 3.63) is 65.7 Å². The molecule has 2 rings (SSSR count). The SMILES string of the molecule is CC(CNC(=O)c1cccc(O)c1)c1ccccc1. The third-order valence-electron chi connectivity index (χ3n) is 3.05. The van der Waals surface area contributed by atoms with Crippen LogP contribution in [0.4, 0.5) is 0 Å². The summed E-state index contributed by atoms with van der Waals surface area (Å²) in [4.78, 5) is 11.9. The van der Waals surface area contributed by atoms with Gasteiger partial charge in [-0.3, -0.25) is 4.79 Å². The molecule has 0 heterocycles. The number of aromatic hydroxyl groups is 1. The van der Waals surface area contributed by atoms with Crippen molar-refractivity contribution < 1.29 is 9.90 Å². The van der Waals surface area contributed by atoms with Crippen molar-refractivity contribution in [3.63, 3.8) is 0 Å². The Balaban J connectivity index is 1.94. The fourth-order valence-corrected chi connectivity index (χ4v) is 1.89. The molecule has 1 amide bonds. The molecule has 0 saturated heterocycles. The van der Waals surface area contributed by atoms with E-state index < -0.39 is 0 Å². The standard InChI is InChI=1S/C16H17NO2/c1-12(13-6-3-2-4-7-13)11-17-16(19)14-8-5-9-15(18)10-14/h2-10,12,18H,11H2,1H3,(H,17,19). The number of hydrogen-bond acceptors (Lipinski definition) is 2. The molecule has 0 aliphatic carbocycles. The van der Waals surface area contributed by atoms with Gasteiger partial charge in [0, 0.05) is 12.1 Å². The molecule has 2 aromatic carbocycles. The molecule has 19 heavy (non-hydrogen) atoms. The molecule has 0 radical (unpaired) electrons. The van der Waals surface area contributed by atoms with Gasteiger partial charge in [-0.25, -0.2) is 0 Å². The van der Waals surface area contributed by atoms with Crippen LogP contribution in [0.15, 0.2) is 54.6 Å². The van der Waals surface area contributed by atoms with Crippen LogP contribution in [0.3, 0.4) is 0 Å². The van der Waals surface area contributed by atoms with Crippen LogP contribution in [-0.4, -0.2) is 17.6 Å². The fourth-order valence-electron chi connectivity index (χ4n) is 1.89. The summed E-state index contributed by atoms with van der Waals surface area (Å²) in [7, 11) is 0. The molecule has 1 atom stereocenters. The third-order valence-corrected chi connectivity index (χ3v) is 3.05. The second-order valence-corrected chi connectivity index (χ2v) is 4.57. The van der Waals surface area contributed by atoms with Gasteiger partial charge in [-0.15, -0.1) is 0 Å². The maximum atomic E-state index is 11.9. The topological polar surface area (TPSA) is 49.3 Å². The molecule has 3 nitrogen and oxygen atoms in total. The van der Waals surface area contributed by atoms with Crippen LogP contribution < -0.4 is 5.32 Å². The van der Waals surface area contributed by atoms with Crippen LogP contribution in [0.1, 0.15) is 28.8 Å². The Kier molecular flexibility index (Phi) is 4.18. The molecule has 3 heteroatoms. The minimum Gasteiger partial charge on any atom is -0.508 e. The maximum Gasteiger partial charge on any atom is 0.251 e. The molecule has 0 bridgehead atoms. The number of hydrogen-bond donors (Lipinski definition) is 2. The van der Waals surface area contributed by atoms with Gasteiger partial charge in [0.1, 0.15) is 5.75 Å². The Hall–Kier alpha value is -2.29. The molecular formula is C16H17NO2. The summed E-state index contributed by atoms with van der Waals surface area (Å²) in [6, 6.07) is 16.4. The molecule has 0 spiro atoms. The number of benzene rings is 2. The zero-order valence-electron chi connectivity index (χ0n) is 10.8. The Morgan fingerprint density at radius 1 is 1.16 bits per heavy atom. The van der Waals surface area contributed by atoms with Gasteiger partial charge < -0.3 is 10.4 Å². The van der Waals surface area contributed by atoms with E-state index in [-0.39, 0.29) is 17.6 Å². The number of nitrogens with one attached hydrogen (secondary N) is 1. The summed E-state index contributed by atoms with van der Waals surface area (Å²) in [5, 5.41) is 12.2. The normalized spacial score (nSPS) is 11.8. The summed E-state index contributed by atoms with van der Waals surface area (Å²) in [6.45, 7) is 2.64. The largest absolute Gasteiger partial charge is 0.508 e. The van der Waals surface area contributed by atoms with Crippen molar-refractivity contribution in [1.82, 2.24) is 5.32 Å². The molecular weight excluding hydrogens is 238 g/mol. The molecule has 0 aliphatic rings. The van der Waals surface area contributed by atoms with Gasteiger partial charge in [-0.1, -0.05) is 43.3 Å². The van der Waals surface area contributed by atoms with Gasteiger partial charge in [0.15, 0.2) is 0 Å². The number of phenols is 1. The van der Waals surface area contributed by atoms with Gasteiger partial charge in [-0.2, -0.15) is 0 Å². The Morgan fingerprint density at radius 2 is 1.89 bits per heavy atom. The van der Waals surface area contributed by atoms with Crippen LogP contribution in [0.5, 0.6) is 5.75 Å². The lowest BCUT2D eigenvalue weighted by molar-refractivity contribution is 0.0951. The van der Waals surface area contributed by atoms with Crippen molar-refractivity contribution in [2.45, 2.75) is 12.8 Å². The second kappa shape index (κ2) is 6.05. The average Bonchev–Trinajstić information content (AvgIpc) is 2.45. The van der Waals surface area contributed by atoms with Crippen LogP contribution >= 0.6 is 0 Å². The summed E-state index contributed by atoms with van der Waals surface area (Å²) >= 11 is 0. The molecule has 1 unspecified atom stereocenters. The fraction of sp³-hybridized carbons (Fsp3) is 0.188. The van der Waals surface area contributed by atoms with Crippen molar-refractivity contribution in [3.8, 4) is 5.75 Å². The number of rotatable bonds is 4. The van der Waals surface area contributed by atoms with Crippen molar-refractivity contribution in [1.29, 1.82) is 0 Å². The van der Waals surface area contributed by atoms with E-state index in [1.165, 1.54) is 11.6 Å². The van der Waals surface area contributed by atoms with E-state index in [1.54, 1.807) is 18.2 Å². The molecule has 2 aromatic rings. The van der Waals surface area contributed by atoms with Crippen LogP contribution in [0.25, 0.3) is 0 Å². The second-order valence-electron chi connectivity index (χ2n) is 4.57. The summed E-state index contributed by atoms with van der Waals surface area (Å²) in [5.74, 6) is 0.185.